The van der Waals surface area contributed by atoms with Gasteiger partial charge in [0.25, 0.3) is 5.91 Å². The zero-order valence-electron chi connectivity index (χ0n) is 19.3. The Morgan fingerprint density at radius 1 is 1.21 bits per heavy atom. The number of ether oxygens (including phenoxy) is 2. The number of nitrogens with zero attached hydrogens (tertiary/aromatic N) is 3. The maximum absolute atomic E-state index is 13.8. The highest BCUT2D eigenvalue weighted by molar-refractivity contribution is 6.13. The first kappa shape index (κ1) is 22.8. The van der Waals surface area contributed by atoms with Gasteiger partial charge in [0.05, 0.1) is 25.9 Å². The van der Waals surface area contributed by atoms with Crippen molar-refractivity contribution in [3.8, 4) is 5.75 Å². The maximum Gasteiger partial charge on any atom is 0.358 e. The Morgan fingerprint density at radius 2 is 1.94 bits per heavy atom. The van der Waals surface area contributed by atoms with Gasteiger partial charge in [0.15, 0.2) is 5.69 Å². The van der Waals surface area contributed by atoms with Gasteiger partial charge >= 0.3 is 5.97 Å². The van der Waals surface area contributed by atoms with Gasteiger partial charge in [0, 0.05) is 12.1 Å². The number of benzene rings is 1. The molecule has 2 amide bonds. The molecule has 2 aliphatic rings. The molecule has 1 aromatic heterocycles. The number of rotatable bonds is 6. The average molecular weight is 455 g/mol. The summed E-state index contributed by atoms with van der Waals surface area (Å²) in [5.74, 6) is -0.826. The maximum atomic E-state index is 13.8. The normalized spacial score (nSPS) is 20.8. The molecule has 2 heterocycles. The van der Waals surface area contributed by atoms with Crippen molar-refractivity contribution in [2.24, 2.45) is 0 Å². The number of nitrogens with one attached hydrogen (secondary N) is 1. The Kier molecular flexibility index (Phi) is 6.40. The van der Waals surface area contributed by atoms with E-state index < -0.39 is 17.4 Å². The molecular weight excluding hydrogens is 424 g/mol. The average Bonchev–Trinajstić information content (AvgIpc) is 3.24. The number of fused-ring (bicyclic) bond motifs is 1. The molecule has 1 N–H and O–H groups in total. The second-order valence-electron chi connectivity index (χ2n) is 8.69. The van der Waals surface area contributed by atoms with E-state index in [4.69, 9.17) is 9.47 Å². The van der Waals surface area contributed by atoms with Gasteiger partial charge in [0.1, 0.15) is 17.0 Å². The third-order valence-electron chi connectivity index (χ3n) is 6.39. The number of hydrogen-bond donors (Lipinski definition) is 1. The van der Waals surface area contributed by atoms with Crippen molar-refractivity contribution in [3.63, 3.8) is 0 Å². The molecule has 0 saturated heterocycles. The van der Waals surface area contributed by atoms with Crippen LogP contribution in [0.3, 0.4) is 0 Å². The van der Waals surface area contributed by atoms with Gasteiger partial charge < -0.3 is 14.8 Å². The number of methoxy groups -OCH3 is 1. The summed E-state index contributed by atoms with van der Waals surface area (Å²) in [6.07, 6.45) is 5.16. The smallest absolute Gasteiger partial charge is 0.358 e. The second kappa shape index (κ2) is 9.25. The minimum absolute atomic E-state index is 0.0390. The highest BCUT2D eigenvalue weighted by Crippen LogP contribution is 2.38. The Labute approximate surface area is 193 Å². The van der Waals surface area contributed by atoms with Gasteiger partial charge in [-0.05, 0) is 38.8 Å². The van der Waals surface area contributed by atoms with Crippen molar-refractivity contribution in [3.05, 3.63) is 41.7 Å². The van der Waals surface area contributed by atoms with Crippen molar-refractivity contribution in [1.29, 1.82) is 0 Å². The summed E-state index contributed by atoms with van der Waals surface area (Å²) in [4.78, 5) is 41.2. The third kappa shape index (κ3) is 4.19. The highest BCUT2D eigenvalue weighted by Gasteiger charge is 2.50. The number of hydrogen-bond acceptors (Lipinski definition) is 6. The van der Waals surface area contributed by atoms with Crippen LogP contribution >= 0.6 is 0 Å². The summed E-state index contributed by atoms with van der Waals surface area (Å²) in [6.45, 7) is 3.72. The summed E-state index contributed by atoms with van der Waals surface area (Å²) in [7, 11) is 1.52. The molecule has 176 valence electrons. The fourth-order valence-electron chi connectivity index (χ4n) is 4.67. The lowest BCUT2D eigenvalue weighted by Gasteiger charge is -2.44. The van der Waals surface area contributed by atoms with E-state index in [1.54, 1.807) is 38.1 Å². The van der Waals surface area contributed by atoms with Crippen LogP contribution in [0.1, 0.15) is 66.9 Å². The topological polar surface area (TPSA) is 103 Å². The standard InChI is InChI=1S/C24H30N4O5/c1-4-33-22(30)17-14-19-21(29)28(18-12-8-9-13-20(18)32-3)24(2,15-27(19)26-17)23(31)25-16-10-6-5-7-11-16/h8-9,12-14,16H,4-7,10-11,15H2,1-3H3,(H,25,31)/t24-/m1/s1. The SMILES string of the molecule is CCOC(=O)c1cc2n(n1)C[C@](C)(C(=O)NC1CCCCC1)N(c1ccccc1OC)C2=O. The molecule has 0 unspecified atom stereocenters. The molecule has 1 saturated carbocycles. The Balaban J connectivity index is 1.77. The molecule has 1 fully saturated rings. The second-order valence-corrected chi connectivity index (χ2v) is 8.69. The van der Waals surface area contributed by atoms with Gasteiger partial charge in [-0.2, -0.15) is 5.10 Å². The van der Waals surface area contributed by atoms with Crippen LogP contribution in [0.15, 0.2) is 30.3 Å². The summed E-state index contributed by atoms with van der Waals surface area (Å²) >= 11 is 0. The molecule has 9 nitrogen and oxygen atoms in total. The van der Waals surface area contributed by atoms with Crippen molar-refractivity contribution in [2.45, 2.75) is 64.1 Å². The molecule has 33 heavy (non-hydrogen) atoms. The lowest BCUT2D eigenvalue weighted by atomic mass is 9.91. The number of para-hydroxylation sites is 2. The van der Waals surface area contributed by atoms with E-state index in [0.717, 1.165) is 25.7 Å². The number of carbonyl (C=O) groups is 3. The van der Waals surface area contributed by atoms with Crippen LogP contribution in [0.4, 0.5) is 5.69 Å². The summed E-state index contributed by atoms with van der Waals surface area (Å²) < 4.78 is 12.0. The fourth-order valence-corrected chi connectivity index (χ4v) is 4.67. The summed E-state index contributed by atoms with van der Waals surface area (Å²) in [5, 5.41) is 7.46. The van der Waals surface area contributed by atoms with Crippen molar-refractivity contribution in [1.82, 2.24) is 15.1 Å². The zero-order valence-corrected chi connectivity index (χ0v) is 19.3. The van der Waals surface area contributed by atoms with E-state index >= 15 is 0 Å². The molecular formula is C24H30N4O5. The van der Waals surface area contributed by atoms with E-state index in [0.29, 0.717) is 11.4 Å². The van der Waals surface area contributed by atoms with Crippen LogP contribution in [0.5, 0.6) is 5.75 Å². The first-order chi connectivity index (χ1) is 15.9. The molecule has 0 bridgehead atoms. The van der Waals surface area contributed by atoms with Gasteiger partial charge in [-0.1, -0.05) is 31.4 Å². The predicted octanol–water partition coefficient (Wildman–Crippen LogP) is 2.94. The Bertz CT molecular complexity index is 1060. The molecule has 0 spiro atoms. The number of carbonyl (C=O) groups excluding carboxylic acids is 3. The Morgan fingerprint density at radius 3 is 2.64 bits per heavy atom. The van der Waals surface area contributed by atoms with E-state index in [-0.39, 0.29) is 36.5 Å². The third-order valence-corrected chi connectivity index (χ3v) is 6.39. The fraction of sp³-hybridized carbons (Fsp3) is 0.500. The molecule has 2 aromatic rings. The molecule has 9 heteroatoms. The van der Waals surface area contributed by atoms with Gasteiger partial charge in [-0.15, -0.1) is 0 Å². The van der Waals surface area contributed by atoms with Gasteiger partial charge in [-0.3, -0.25) is 19.2 Å². The van der Waals surface area contributed by atoms with E-state index in [2.05, 4.69) is 10.4 Å². The molecule has 1 aliphatic carbocycles. The van der Waals surface area contributed by atoms with Gasteiger partial charge in [-0.25, -0.2) is 4.79 Å². The number of amides is 2. The van der Waals surface area contributed by atoms with Crippen LogP contribution in [-0.4, -0.2) is 52.9 Å². The van der Waals surface area contributed by atoms with Crippen LogP contribution in [0.25, 0.3) is 0 Å². The molecule has 4 rings (SSSR count). The molecule has 1 atom stereocenters. The van der Waals surface area contributed by atoms with E-state index in [9.17, 15) is 14.4 Å². The first-order valence-corrected chi connectivity index (χ1v) is 11.4. The largest absolute Gasteiger partial charge is 0.495 e. The molecule has 0 radical (unpaired) electrons. The lowest BCUT2D eigenvalue weighted by molar-refractivity contribution is -0.127. The quantitative estimate of drug-likeness (QED) is 0.674. The number of esters is 1. The van der Waals surface area contributed by atoms with Crippen molar-refractivity contribution < 1.29 is 23.9 Å². The first-order valence-electron chi connectivity index (χ1n) is 11.4. The molecule has 1 aromatic carbocycles. The zero-order chi connectivity index (χ0) is 23.6. The van der Waals surface area contributed by atoms with E-state index in [1.165, 1.54) is 29.2 Å². The minimum Gasteiger partial charge on any atom is -0.495 e. The minimum atomic E-state index is -1.28. The van der Waals surface area contributed by atoms with Gasteiger partial charge in [0.2, 0.25) is 5.91 Å². The predicted molar refractivity (Wildman–Crippen MR) is 121 cm³/mol. The highest BCUT2D eigenvalue weighted by atomic mass is 16.5. The van der Waals surface area contributed by atoms with Crippen LogP contribution in [0.2, 0.25) is 0 Å². The monoisotopic (exact) mass is 454 g/mol. The van der Waals surface area contributed by atoms with Crippen molar-refractivity contribution >= 4 is 23.5 Å². The van der Waals surface area contributed by atoms with E-state index in [1.807, 2.05) is 0 Å². The summed E-state index contributed by atoms with van der Waals surface area (Å²) in [5.41, 5.74) is -0.547. The van der Waals surface area contributed by atoms with Crippen LogP contribution in [0, 0.1) is 0 Å². The molecule has 1 aliphatic heterocycles. The number of aromatic nitrogens is 2. The van der Waals surface area contributed by atoms with Crippen LogP contribution in [-0.2, 0) is 16.1 Å². The number of anilines is 1. The summed E-state index contributed by atoms with van der Waals surface area (Å²) in [6, 6.07) is 8.59. The Hall–Kier alpha value is -3.36. The lowest BCUT2D eigenvalue weighted by Crippen LogP contribution is -2.65. The van der Waals surface area contributed by atoms with Crippen molar-refractivity contribution in [2.75, 3.05) is 18.6 Å². The van der Waals surface area contributed by atoms with Crippen LogP contribution < -0.4 is 15.0 Å².